The molecule has 0 bridgehead atoms. The molecule has 0 aromatic rings. The maximum atomic E-state index is 11.6. The number of methoxy groups -OCH3 is 1. The van der Waals surface area contributed by atoms with Crippen LogP contribution in [0.4, 0.5) is 4.79 Å². The van der Waals surface area contributed by atoms with E-state index in [1.54, 1.807) is 6.92 Å². The summed E-state index contributed by atoms with van der Waals surface area (Å²) in [5, 5.41) is 5.92. The highest BCUT2D eigenvalue weighted by Crippen LogP contribution is 2.35. The predicted molar refractivity (Wildman–Crippen MR) is 70.8 cm³/mol. The van der Waals surface area contributed by atoms with Crippen molar-refractivity contribution in [2.24, 2.45) is 0 Å². The number of alkyl carbamates (subject to hydrolysis) is 1. The minimum atomic E-state index is -0.506. The van der Waals surface area contributed by atoms with Crippen LogP contribution < -0.4 is 10.6 Å². The molecule has 0 spiro atoms. The Morgan fingerprint density at radius 3 is 2.32 bits per heavy atom. The fraction of sp³-hybridized carbons (Fsp3) is 0.846. The van der Waals surface area contributed by atoms with Crippen molar-refractivity contribution in [3.05, 3.63) is 0 Å². The number of nitrogens with one attached hydrogen (secondary N) is 2. The van der Waals surface area contributed by atoms with E-state index in [9.17, 15) is 9.59 Å². The van der Waals surface area contributed by atoms with Gasteiger partial charge in [-0.05, 0) is 40.5 Å². The highest BCUT2D eigenvalue weighted by molar-refractivity contribution is 5.75. The Bertz CT molecular complexity index is 345. The molecule has 0 unspecified atom stereocenters. The minimum absolute atomic E-state index is 0.204. The SMILES string of the molecule is COC(=O)[C@@H](C)NC1(CNC(=O)OC(C)(C)C)CC1. The highest BCUT2D eigenvalue weighted by Gasteiger charge is 2.44. The molecular formula is C13H24N2O4. The van der Waals surface area contributed by atoms with Gasteiger partial charge in [0.05, 0.1) is 7.11 Å². The van der Waals surface area contributed by atoms with Crippen LogP contribution in [-0.4, -0.2) is 42.9 Å². The van der Waals surface area contributed by atoms with Gasteiger partial charge in [-0.15, -0.1) is 0 Å². The van der Waals surface area contributed by atoms with Crippen LogP contribution in [0.25, 0.3) is 0 Å². The van der Waals surface area contributed by atoms with Gasteiger partial charge < -0.3 is 14.8 Å². The molecule has 0 heterocycles. The molecule has 0 aliphatic heterocycles. The third kappa shape index (κ3) is 5.46. The van der Waals surface area contributed by atoms with E-state index in [4.69, 9.17) is 4.74 Å². The first kappa shape index (κ1) is 15.8. The highest BCUT2D eigenvalue weighted by atomic mass is 16.6. The standard InChI is InChI=1S/C13H24N2O4/c1-9(10(16)18-5)15-13(6-7-13)8-14-11(17)19-12(2,3)4/h9,15H,6-8H2,1-5H3,(H,14,17)/t9-/m1/s1. The molecule has 1 aliphatic rings. The van der Waals surface area contributed by atoms with Crippen LogP contribution in [0.5, 0.6) is 0 Å². The molecular weight excluding hydrogens is 248 g/mol. The average molecular weight is 272 g/mol. The van der Waals surface area contributed by atoms with Crippen molar-refractivity contribution in [1.82, 2.24) is 10.6 Å². The number of ether oxygens (including phenoxy) is 2. The Balaban J connectivity index is 2.36. The van der Waals surface area contributed by atoms with Crippen molar-refractivity contribution in [3.8, 4) is 0 Å². The molecule has 19 heavy (non-hydrogen) atoms. The average Bonchev–Trinajstić information content (AvgIpc) is 3.03. The molecule has 1 fully saturated rings. The van der Waals surface area contributed by atoms with Crippen molar-refractivity contribution in [2.75, 3.05) is 13.7 Å². The molecule has 0 saturated heterocycles. The molecule has 0 radical (unpaired) electrons. The Labute approximate surface area is 114 Å². The van der Waals surface area contributed by atoms with Crippen molar-refractivity contribution in [3.63, 3.8) is 0 Å². The smallest absolute Gasteiger partial charge is 0.407 e. The number of hydrogen-bond acceptors (Lipinski definition) is 5. The Morgan fingerprint density at radius 2 is 1.89 bits per heavy atom. The maximum Gasteiger partial charge on any atom is 0.407 e. The molecule has 1 rings (SSSR count). The van der Waals surface area contributed by atoms with Gasteiger partial charge >= 0.3 is 12.1 Å². The molecule has 1 atom stereocenters. The summed E-state index contributed by atoms with van der Waals surface area (Å²) in [4.78, 5) is 22.9. The third-order valence-electron chi connectivity index (χ3n) is 2.90. The van der Waals surface area contributed by atoms with Gasteiger partial charge in [-0.3, -0.25) is 10.1 Å². The number of carbonyl (C=O) groups is 2. The second kappa shape index (κ2) is 5.77. The van der Waals surface area contributed by atoms with Gasteiger partial charge in [0.2, 0.25) is 0 Å². The van der Waals surface area contributed by atoms with E-state index in [0.717, 1.165) is 12.8 Å². The topological polar surface area (TPSA) is 76.7 Å². The van der Waals surface area contributed by atoms with Crippen molar-refractivity contribution in [2.45, 2.75) is 57.7 Å². The second-order valence-corrected chi connectivity index (χ2v) is 6.02. The summed E-state index contributed by atoms with van der Waals surface area (Å²) in [6.45, 7) is 7.65. The lowest BCUT2D eigenvalue weighted by molar-refractivity contribution is -0.142. The quantitative estimate of drug-likeness (QED) is 0.735. The van der Waals surface area contributed by atoms with Gasteiger partial charge in [0.25, 0.3) is 0 Å². The molecule has 110 valence electrons. The van der Waals surface area contributed by atoms with Gasteiger partial charge in [0.15, 0.2) is 0 Å². The molecule has 6 heteroatoms. The normalized spacial score (nSPS) is 18.4. The molecule has 1 amide bonds. The van der Waals surface area contributed by atoms with Gasteiger partial charge in [0.1, 0.15) is 11.6 Å². The first-order valence-corrected chi connectivity index (χ1v) is 6.50. The van der Waals surface area contributed by atoms with Gasteiger partial charge in [-0.2, -0.15) is 0 Å². The van der Waals surface area contributed by atoms with Crippen LogP contribution in [0, 0.1) is 0 Å². The maximum absolute atomic E-state index is 11.6. The van der Waals surface area contributed by atoms with Crippen LogP contribution >= 0.6 is 0 Å². The Morgan fingerprint density at radius 1 is 1.32 bits per heavy atom. The molecule has 2 N–H and O–H groups in total. The zero-order valence-electron chi connectivity index (χ0n) is 12.3. The Kier molecular flexibility index (Phi) is 4.79. The van der Waals surface area contributed by atoms with Crippen LogP contribution in [0.1, 0.15) is 40.5 Å². The fourth-order valence-corrected chi connectivity index (χ4v) is 1.77. The lowest BCUT2D eigenvalue weighted by atomic mass is 10.2. The third-order valence-corrected chi connectivity index (χ3v) is 2.90. The van der Waals surface area contributed by atoms with E-state index in [0.29, 0.717) is 6.54 Å². The van der Waals surface area contributed by atoms with Crippen LogP contribution in [0.2, 0.25) is 0 Å². The largest absolute Gasteiger partial charge is 0.468 e. The first-order chi connectivity index (χ1) is 8.67. The lowest BCUT2D eigenvalue weighted by Gasteiger charge is -2.24. The molecule has 0 aromatic heterocycles. The van der Waals surface area contributed by atoms with Gasteiger partial charge in [-0.25, -0.2) is 4.79 Å². The van der Waals surface area contributed by atoms with E-state index in [1.807, 2.05) is 20.8 Å². The lowest BCUT2D eigenvalue weighted by Crippen LogP contribution is -2.50. The summed E-state index contributed by atoms with van der Waals surface area (Å²) >= 11 is 0. The van der Waals surface area contributed by atoms with Gasteiger partial charge in [-0.1, -0.05) is 0 Å². The summed E-state index contributed by atoms with van der Waals surface area (Å²) in [7, 11) is 1.36. The number of hydrogen-bond donors (Lipinski definition) is 2. The first-order valence-electron chi connectivity index (χ1n) is 6.50. The van der Waals surface area contributed by atoms with Crippen LogP contribution in [0.3, 0.4) is 0 Å². The minimum Gasteiger partial charge on any atom is -0.468 e. The summed E-state index contributed by atoms with van der Waals surface area (Å²) < 4.78 is 9.83. The zero-order valence-corrected chi connectivity index (χ0v) is 12.3. The number of rotatable bonds is 5. The van der Waals surface area contributed by atoms with E-state index < -0.39 is 11.7 Å². The van der Waals surface area contributed by atoms with Crippen LogP contribution in [0.15, 0.2) is 0 Å². The summed E-state index contributed by atoms with van der Waals surface area (Å²) in [5.74, 6) is -0.302. The molecule has 0 aromatic carbocycles. The van der Waals surface area contributed by atoms with E-state index >= 15 is 0 Å². The molecule has 1 aliphatic carbocycles. The second-order valence-electron chi connectivity index (χ2n) is 6.02. The number of amides is 1. The van der Waals surface area contributed by atoms with E-state index in [2.05, 4.69) is 15.4 Å². The fourth-order valence-electron chi connectivity index (χ4n) is 1.77. The summed E-state index contributed by atoms with van der Waals surface area (Å²) in [5.41, 5.74) is -0.710. The van der Waals surface area contributed by atoms with Crippen molar-refractivity contribution in [1.29, 1.82) is 0 Å². The van der Waals surface area contributed by atoms with Crippen LogP contribution in [-0.2, 0) is 14.3 Å². The molecule has 1 saturated carbocycles. The monoisotopic (exact) mass is 272 g/mol. The predicted octanol–water partition coefficient (Wildman–Crippen LogP) is 1.19. The van der Waals surface area contributed by atoms with Gasteiger partial charge in [0, 0.05) is 12.1 Å². The summed E-state index contributed by atoms with van der Waals surface area (Å²) in [6.07, 6.45) is 1.40. The van der Waals surface area contributed by atoms with Crippen molar-refractivity contribution < 1.29 is 19.1 Å². The van der Waals surface area contributed by atoms with Crippen molar-refractivity contribution >= 4 is 12.1 Å². The number of carbonyl (C=O) groups excluding carboxylic acids is 2. The number of esters is 1. The summed E-state index contributed by atoms with van der Waals surface area (Å²) in [6, 6.07) is -0.382. The Hall–Kier alpha value is -1.30. The molecule has 6 nitrogen and oxygen atoms in total. The van der Waals surface area contributed by atoms with E-state index in [1.165, 1.54) is 7.11 Å². The van der Waals surface area contributed by atoms with E-state index in [-0.39, 0.29) is 17.6 Å². The zero-order chi connectivity index (χ0) is 14.7.